The summed E-state index contributed by atoms with van der Waals surface area (Å²) in [4.78, 5) is 4.12. The molecule has 2 aromatic rings. The smallest absolute Gasteiger partial charge is 0.140 e. The van der Waals surface area contributed by atoms with Crippen LogP contribution in [0, 0.1) is 0 Å². The van der Waals surface area contributed by atoms with Crippen molar-refractivity contribution in [3.05, 3.63) is 42.5 Å². The lowest BCUT2D eigenvalue weighted by Gasteiger charge is -2.06. The Labute approximate surface area is 100 Å². The maximum absolute atomic E-state index is 5.55. The van der Waals surface area contributed by atoms with Gasteiger partial charge in [0.1, 0.15) is 24.5 Å². The second kappa shape index (κ2) is 6.00. The first-order chi connectivity index (χ1) is 8.36. The summed E-state index contributed by atoms with van der Waals surface area (Å²) in [5, 5.41) is 7.25. The topological polar surface area (TPSA) is 52.0 Å². The van der Waals surface area contributed by atoms with Crippen LogP contribution in [0.15, 0.2) is 36.7 Å². The van der Waals surface area contributed by atoms with E-state index in [0.29, 0.717) is 13.2 Å². The Kier molecular flexibility index (Phi) is 4.10. The van der Waals surface area contributed by atoms with Gasteiger partial charge >= 0.3 is 0 Å². The van der Waals surface area contributed by atoms with E-state index < -0.39 is 0 Å². The largest absolute Gasteiger partial charge is 0.492 e. The lowest BCUT2D eigenvalue weighted by Crippen LogP contribution is -2.22. The zero-order valence-corrected chi connectivity index (χ0v) is 9.84. The molecule has 1 aromatic carbocycles. The quantitative estimate of drug-likeness (QED) is 0.754. The van der Waals surface area contributed by atoms with Gasteiger partial charge in [0.25, 0.3) is 0 Å². The monoisotopic (exact) mass is 232 g/mol. The second-order valence-electron chi connectivity index (χ2n) is 3.64. The molecule has 1 heterocycles. The van der Waals surface area contributed by atoms with Crippen molar-refractivity contribution in [1.82, 2.24) is 20.1 Å². The van der Waals surface area contributed by atoms with Crippen molar-refractivity contribution < 1.29 is 4.74 Å². The highest BCUT2D eigenvalue weighted by molar-refractivity contribution is 5.20. The summed E-state index contributed by atoms with van der Waals surface area (Å²) in [7, 11) is 1.88. The highest BCUT2D eigenvalue weighted by Gasteiger charge is 1.98. The molecular formula is C12H16N4O. The molecule has 0 radical (unpaired) electrons. The molecule has 1 N–H and O–H groups in total. The first kappa shape index (κ1) is 11.6. The number of para-hydroxylation sites is 1. The molecule has 0 saturated heterocycles. The van der Waals surface area contributed by atoms with Crippen LogP contribution in [0.2, 0.25) is 0 Å². The van der Waals surface area contributed by atoms with Gasteiger partial charge in [-0.3, -0.25) is 4.68 Å². The van der Waals surface area contributed by atoms with Crippen LogP contribution in [0.25, 0.3) is 0 Å². The van der Waals surface area contributed by atoms with Gasteiger partial charge in [-0.05, 0) is 12.1 Å². The minimum Gasteiger partial charge on any atom is -0.492 e. The van der Waals surface area contributed by atoms with E-state index in [4.69, 9.17) is 4.74 Å². The van der Waals surface area contributed by atoms with Crippen LogP contribution in [-0.4, -0.2) is 27.9 Å². The van der Waals surface area contributed by atoms with Crippen molar-refractivity contribution in [1.29, 1.82) is 0 Å². The standard InChI is InChI=1S/C12H16N4O/c1-16-12(14-10-15-16)9-13-7-8-17-11-5-3-2-4-6-11/h2-6,10,13H,7-9H2,1H3. The molecule has 0 bridgehead atoms. The van der Waals surface area contributed by atoms with E-state index in [1.807, 2.05) is 37.4 Å². The van der Waals surface area contributed by atoms with Gasteiger partial charge in [0.15, 0.2) is 0 Å². The molecule has 0 spiro atoms. The van der Waals surface area contributed by atoms with Gasteiger partial charge in [0.05, 0.1) is 6.54 Å². The molecule has 0 unspecified atom stereocenters. The molecular weight excluding hydrogens is 216 g/mol. The average Bonchev–Trinajstić information content (AvgIpc) is 2.76. The summed E-state index contributed by atoms with van der Waals surface area (Å²) >= 11 is 0. The zero-order valence-electron chi connectivity index (χ0n) is 9.84. The number of hydrogen-bond acceptors (Lipinski definition) is 4. The molecule has 5 nitrogen and oxygen atoms in total. The second-order valence-corrected chi connectivity index (χ2v) is 3.64. The van der Waals surface area contributed by atoms with Crippen molar-refractivity contribution >= 4 is 0 Å². The molecule has 0 aliphatic rings. The van der Waals surface area contributed by atoms with E-state index >= 15 is 0 Å². The maximum atomic E-state index is 5.55. The van der Waals surface area contributed by atoms with Crippen LogP contribution in [0.5, 0.6) is 5.75 Å². The first-order valence-electron chi connectivity index (χ1n) is 5.57. The number of rotatable bonds is 6. The molecule has 0 saturated carbocycles. The lowest BCUT2D eigenvalue weighted by atomic mass is 10.3. The molecule has 1 aromatic heterocycles. The Bertz CT molecular complexity index is 441. The highest BCUT2D eigenvalue weighted by atomic mass is 16.5. The molecule has 0 amide bonds. The van der Waals surface area contributed by atoms with Crippen LogP contribution in [0.4, 0.5) is 0 Å². The molecule has 0 atom stereocenters. The predicted octanol–water partition coefficient (Wildman–Crippen LogP) is 0.984. The van der Waals surface area contributed by atoms with E-state index in [1.54, 1.807) is 11.0 Å². The zero-order chi connectivity index (χ0) is 11.9. The van der Waals surface area contributed by atoms with Crippen LogP contribution < -0.4 is 10.1 Å². The number of hydrogen-bond donors (Lipinski definition) is 1. The summed E-state index contributed by atoms with van der Waals surface area (Å²) in [5.41, 5.74) is 0. The summed E-state index contributed by atoms with van der Waals surface area (Å²) in [5.74, 6) is 1.82. The SMILES string of the molecule is Cn1ncnc1CNCCOc1ccccc1. The summed E-state index contributed by atoms with van der Waals surface area (Å²) in [6.07, 6.45) is 1.55. The van der Waals surface area contributed by atoms with Crippen LogP contribution in [0.1, 0.15) is 5.82 Å². The minimum atomic E-state index is 0.641. The van der Waals surface area contributed by atoms with Crippen LogP contribution in [-0.2, 0) is 13.6 Å². The van der Waals surface area contributed by atoms with Crippen molar-refractivity contribution in [3.8, 4) is 5.75 Å². The molecule has 5 heteroatoms. The van der Waals surface area contributed by atoms with Crippen LogP contribution in [0.3, 0.4) is 0 Å². The number of aryl methyl sites for hydroxylation is 1. The fourth-order valence-corrected chi connectivity index (χ4v) is 1.44. The van der Waals surface area contributed by atoms with E-state index in [-0.39, 0.29) is 0 Å². The number of nitrogens with zero attached hydrogens (tertiary/aromatic N) is 3. The van der Waals surface area contributed by atoms with E-state index in [0.717, 1.165) is 18.1 Å². The summed E-state index contributed by atoms with van der Waals surface area (Å²) < 4.78 is 7.31. The molecule has 0 aliphatic carbocycles. The van der Waals surface area contributed by atoms with Gasteiger partial charge in [-0.15, -0.1) is 0 Å². The normalized spacial score (nSPS) is 10.4. The molecule has 2 rings (SSSR count). The van der Waals surface area contributed by atoms with Gasteiger partial charge in [-0.25, -0.2) is 4.98 Å². The minimum absolute atomic E-state index is 0.641. The Balaban J connectivity index is 1.63. The Morgan fingerprint density at radius 1 is 1.29 bits per heavy atom. The van der Waals surface area contributed by atoms with Crippen molar-refractivity contribution in [2.75, 3.05) is 13.2 Å². The van der Waals surface area contributed by atoms with Crippen molar-refractivity contribution in [2.24, 2.45) is 7.05 Å². The molecule has 0 fully saturated rings. The third-order valence-corrected chi connectivity index (χ3v) is 2.38. The Hall–Kier alpha value is -1.88. The van der Waals surface area contributed by atoms with E-state index in [1.165, 1.54) is 0 Å². The van der Waals surface area contributed by atoms with Crippen molar-refractivity contribution in [3.63, 3.8) is 0 Å². The molecule has 0 aliphatic heterocycles. The summed E-state index contributed by atoms with van der Waals surface area (Å²) in [6, 6.07) is 9.79. The van der Waals surface area contributed by atoms with Gasteiger partial charge < -0.3 is 10.1 Å². The fraction of sp³-hybridized carbons (Fsp3) is 0.333. The first-order valence-corrected chi connectivity index (χ1v) is 5.57. The van der Waals surface area contributed by atoms with Gasteiger partial charge in [0.2, 0.25) is 0 Å². The number of benzene rings is 1. The van der Waals surface area contributed by atoms with Crippen molar-refractivity contribution in [2.45, 2.75) is 6.54 Å². The van der Waals surface area contributed by atoms with E-state index in [2.05, 4.69) is 15.4 Å². The van der Waals surface area contributed by atoms with Gasteiger partial charge in [0, 0.05) is 13.6 Å². The third kappa shape index (κ3) is 3.57. The van der Waals surface area contributed by atoms with E-state index in [9.17, 15) is 0 Å². The third-order valence-electron chi connectivity index (χ3n) is 2.38. The Morgan fingerprint density at radius 2 is 2.12 bits per heavy atom. The number of nitrogens with one attached hydrogen (secondary N) is 1. The molecule has 90 valence electrons. The predicted molar refractivity (Wildman–Crippen MR) is 64.6 cm³/mol. The molecule has 17 heavy (non-hydrogen) atoms. The van der Waals surface area contributed by atoms with Crippen LogP contribution >= 0.6 is 0 Å². The highest BCUT2D eigenvalue weighted by Crippen LogP contribution is 2.07. The fourth-order valence-electron chi connectivity index (χ4n) is 1.44. The average molecular weight is 232 g/mol. The van der Waals surface area contributed by atoms with Gasteiger partial charge in [-0.2, -0.15) is 5.10 Å². The maximum Gasteiger partial charge on any atom is 0.140 e. The number of ether oxygens (including phenoxy) is 1. The lowest BCUT2D eigenvalue weighted by molar-refractivity contribution is 0.312. The Morgan fingerprint density at radius 3 is 2.82 bits per heavy atom. The summed E-state index contributed by atoms with van der Waals surface area (Å²) in [6.45, 7) is 2.12. The number of aromatic nitrogens is 3. The van der Waals surface area contributed by atoms with Gasteiger partial charge in [-0.1, -0.05) is 18.2 Å².